The summed E-state index contributed by atoms with van der Waals surface area (Å²) in [7, 11) is 0. The quantitative estimate of drug-likeness (QED) is 0.684. The first-order chi connectivity index (χ1) is 12.7. The Balaban J connectivity index is 1.73. The molecule has 0 radical (unpaired) electrons. The maximum Gasteiger partial charge on any atom is 0.309 e. The summed E-state index contributed by atoms with van der Waals surface area (Å²) >= 11 is 0. The van der Waals surface area contributed by atoms with E-state index in [4.69, 9.17) is 4.74 Å². The van der Waals surface area contributed by atoms with Crippen LogP contribution in [0.2, 0.25) is 0 Å². The third-order valence-corrected chi connectivity index (χ3v) is 5.70. The van der Waals surface area contributed by atoms with Crippen LogP contribution in [0, 0.1) is 11.3 Å². The van der Waals surface area contributed by atoms with Crippen molar-refractivity contribution in [3.05, 3.63) is 17.8 Å². The van der Waals surface area contributed by atoms with Crippen LogP contribution in [0.5, 0.6) is 0 Å². The van der Waals surface area contributed by atoms with E-state index in [1.807, 2.05) is 27.0 Å². The Morgan fingerprint density at radius 1 is 1.41 bits per heavy atom. The van der Waals surface area contributed by atoms with E-state index in [0.29, 0.717) is 5.41 Å². The second kappa shape index (κ2) is 7.69. The summed E-state index contributed by atoms with van der Waals surface area (Å²) in [5.74, 6) is 0.911. The summed E-state index contributed by atoms with van der Waals surface area (Å²) in [6.07, 6.45) is 7.15. The molecule has 0 amide bonds. The lowest BCUT2D eigenvalue weighted by Gasteiger charge is -2.31. The molecule has 1 aliphatic carbocycles. The fraction of sp³-hybridized carbons (Fsp3) is 0.727. The van der Waals surface area contributed by atoms with Crippen LogP contribution in [-0.2, 0) is 16.0 Å². The standard InChI is InChI=1S/C22H35N3O2/c1-6-16(20(26)27-21(2,3)4)9-14-25(15-22(5)10-11-22)18-8-13-24-19-17(18)7-12-23-19/h8,13,16H,6-7,9-12,14-15H2,1-5H3,(H,23,24). The topological polar surface area (TPSA) is 54.5 Å². The maximum absolute atomic E-state index is 12.6. The van der Waals surface area contributed by atoms with Gasteiger partial charge in [0.05, 0.1) is 5.92 Å². The number of nitrogens with one attached hydrogen (secondary N) is 1. The first kappa shape index (κ1) is 20.0. The van der Waals surface area contributed by atoms with Gasteiger partial charge >= 0.3 is 5.97 Å². The van der Waals surface area contributed by atoms with Crippen molar-refractivity contribution in [2.24, 2.45) is 11.3 Å². The number of ether oxygens (including phenoxy) is 1. The van der Waals surface area contributed by atoms with Crippen LogP contribution in [0.15, 0.2) is 12.3 Å². The van der Waals surface area contributed by atoms with Gasteiger partial charge < -0.3 is 15.0 Å². The average molecular weight is 374 g/mol. The molecule has 0 spiro atoms. The van der Waals surface area contributed by atoms with E-state index >= 15 is 0 Å². The van der Waals surface area contributed by atoms with Gasteiger partial charge in [0.2, 0.25) is 0 Å². The molecule has 1 unspecified atom stereocenters. The lowest BCUT2D eigenvalue weighted by molar-refractivity contribution is -0.160. The number of esters is 1. The third kappa shape index (κ3) is 5.14. The number of rotatable bonds is 8. The molecule has 0 saturated heterocycles. The zero-order valence-corrected chi connectivity index (χ0v) is 17.6. The second-order valence-corrected chi connectivity index (χ2v) is 9.49. The Bertz CT molecular complexity index is 677. The fourth-order valence-electron chi connectivity index (χ4n) is 3.79. The van der Waals surface area contributed by atoms with Gasteiger partial charge in [0, 0.05) is 37.1 Å². The minimum atomic E-state index is -0.427. The third-order valence-electron chi connectivity index (χ3n) is 5.70. The molecule has 1 saturated carbocycles. The Labute approximate surface area is 163 Å². The van der Waals surface area contributed by atoms with Crippen molar-refractivity contribution >= 4 is 17.5 Å². The molecular weight excluding hydrogens is 338 g/mol. The van der Waals surface area contributed by atoms with Crippen molar-refractivity contribution < 1.29 is 9.53 Å². The van der Waals surface area contributed by atoms with Crippen molar-refractivity contribution in [1.29, 1.82) is 0 Å². The van der Waals surface area contributed by atoms with Crippen LogP contribution in [0.4, 0.5) is 11.5 Å². The van der Waals surface area contributed by atoms with Crippen LogP contribution >= 0.6 is 0 Å². The summed E-state index contributed by atoms with van der Waals surface area (Å²) in [6, 6.07) is 2.14. The van der Waals surface area contributed by atoms with Crippen LogP contribution in [-0.4, -0.2) is 36.2 Å². The van der Waals surface area contributed by atoms with Crippen molar-refractivity contribution in [3.63, 3.8) is 0 Å². The fourth-order valence-corrected chi connectivity index (χ4v) is 3.79. The zero-order valence-electron chi connectivity index (χ0n) is 17.6. The SMILES string of the molecule is CCC(CCN(CC1(C)CC1)c1ccnc2c1CCN2)C(=O)OC(C)(C)C. The molecule has 1 aromatic heterocycles. The van der Waals surface area contributed by atoms with Crippen LogP contribution in [0.25, 0.3) is 0 Å². The van der Waals surface area contributed by atoms with E-state index in [2.05, 4.69) is 35.1 Å². The van der Waals surface area contributed by atoms with Crippen LogP contribution < -0.4 is 10.2 Å². The van der Waals surface area contributed by atoms with Gasteiger partial charge in [-0.1, -0.05) is 13.8 Å². The molecule has 5 nitrogen and oxygen atoms in total. The van der Waals surface area contributed by atoms with Crippen LogP contribution in [0.3, 0.4) is 0 Å². The summed E-state index contributed by atoms with van der Waals surface area (Å²) in [6.45, 7) is 13.1. The summed E-state index contributed by atoms with van der Waals surface area (Å²) in [5, 5.41) is 3.38. The second-order valence-electron chi connectivity index (χ2n) is 9.49. The number of aromatic nitrogens is 1. The normalized spacial score (nSPS) is 18.4. The number of carbonyl (C=O) groups excluding carboxylic acids is 1. The summed E-state index contributed by atoms with van der Waals surface area (Å²) in [5.41, 5.74) is 2.60. The predicted molar refractivity (Wildman–Crippen MR) is 110 cm³/mol. The molecule has 1 fully saturated rings. The van der Waals surface area contributed by atoms with Gasteiger partial charge in [0.1, 0.15) is 11.4 Å². The number of fused-ring (bicyclic) bond motifs is 1. The Hall–Kier alpha value is -1.78. The van der Waals surface area contributed by atoms with Gasteiger partial charge in [-0.25, -0.2) is 4.98 Å². The molecule has 1 aromatic rings. The molecule has 1 aliphatic heterocycles. The number of nitrogens with zero attached hydrogens (tertiary/aromatic N) is 2. The van der Waals surface area contributed by atoms with Crippen molar-refractivity contribution in [2.45, 2.75) is 72.3 Å². The molecule has 2 heterocycles. The number of pyridine rings is 1. The number of carbonyl (C=O) groups is 1. The van der Waals surface area contributed by atoms with Gasteiger partial charge in [-0.15, -0.1) is 0 Å². The Morgan fingerprint density at radius 3 is 2.78 bits per heavy atom. The highest BCUT2D eigenvalue weighted by atomic mass is 16.6. The largest absolute Gasteiger partial charge is 0.460 e. The molecule has 150 valence electrons. The Morgan fingerprint density at radius 2 is 2.15 bits per heavy atom. The zero-order chi connectivity index (χ0) is 19.7. The molecule has 5 heteroatoms. The number of anilines is 2. The van der Waals surface area contributed by atoms with E-state index in [0.717, 1.165) is 44.7 Å². The van der Waals surface area contributed by atoms with E-state index in [1.165, 1.54) is 24.1 Å². The smallest absolute Gasteiger partial charge is 0.309 e. The highest BCUT2D eigenvalue weighted by Crippen LogP contribution is 2.46. The first-order valence-corrected chi connectivity index (χ1v) is 10.4. The Kier molecular flexibility index (Phi) is 5.68. The molecule has 1 N–H and O–H groups in total. The van der Waals surface area contributed by atoms with Crippen molar-refractivity contribution in [3.8, 4) is 0 Å². The van der Waals surface area contributed by atoms with E-state index in [-0.39, 0.29) is 11.9 Å². The highest BCUT2D eigenvalue weighted by Gasteiger charge is 2.39. The molecular formula is C22H35N3O2. The molecule has 0 bridgehead atoms. The monoisotopic (exact) mass is 373 g/mol. The van der Waals surface area contributed by atoms with Crippen molar-refractivity contribution in [1.82, 2.24) is 4.98 Å². The summed E-state index contributed by atoms with van der Waals surface area (Å²) in [4.78, 5) is 19.5. The highest BCUT2D eigenvalue weighted by molar-refractivity contribution is 5.73. The molecule has 1 atom stereocenters. The number of hydrogen-bond donors (Lipinski definition) is 1. The van der Waals surface area contributed by atoms with Crippen molar-refractivity contribution in [2.75, 3.05) is 29.9 Å². The van der Waals surface area contributed by atoms with Gasteiger partial charge in [-0.3, -0.25) is 4.79 Å². The van der Waals surface area contributed by atoms with Gasteiger partial charge in [0.25, 0.3) is 0 Å². The molecule has 2 aliphatic rings. The lowest BCUT2D eigenvalue weighted by Crippen LogP contribution is -2.34. The van der Waals surface area contributed by atoms with Gasteiger partial charge in [0.15, 0.2) is 0 Å². The summed E-state index contributed by atoms with van der Waals surface area (Å²) < 4.78 is 5.64. The van der Waals surface area contributed by atoms with E-state index in [1.54, 1.807) is 0 Å². The van der Waals surface area contributed by atoms with E-state index in [9.17, 15) is 4.79 Å². The van der Waals surface area contributed by atoms with Crippen LogP contribution in [0.1, 0.15) is 65.9 Å². The number of hydrogen-bond acceptors (Lipinski definition) is 5. The van der Waals surface area contributed by atoms with Gasteiger partial charge in [-0.05, 0) is 64.4 Å². The average Bonchev–Trinajstić information content (AvgIpc) is 3.11. The molecule has 3 rings (SSSR count). The molecule has 0 aromatic carbocycles. The van der Waals surface area contributed by atoms with E-state index < -0.39 is 5.60 Å². The van der Waals surface area contributed by atoms with Gasteiger partial charge in [-0.2, -0.15) is 0 Å². The minimum absolute atomic E-state index is 0.0493. The minimum Gasteiger partial charge on any atom is -0.460 e. The predicted octanol–water partition coefficient (Wildman–Crippen LogP) is 4.41. The first-order valence-electron chi connectivity index (χ1n) is 10.4. The molecule has 27 heavy (non-hydrogen) atoms. The maximum atomic E-state index is 12.6. The lowest BCUT2D eigenvalue weighted by atomic mass is 10.00.